The third-order valence-corrected chi connectivity index (χ3v) is 5.83. The Kier molecular flexibility index (Phi) is 6.95. The van der Waals surface area contributed by atoms with Crippen LogP contribution in [0.2, 0.25) is 5.15 Å². The molecule has 0 fully saturated rings. The van der Waals surface area contributed by atoms with Crippen molar-refractivity contribution in [3.63, 3.8) is 0 Å². The number of halogens is 3. The molecule has 1 atom stereocenters. The quantitative estimate of drug-likeness (QED) is 0.250. The smallest absolute Gasteiger partial charge is 0.189 e. The van der Waals surface area contributed by atoms with E-state index >= 15 is 0 Å². The second kappa shape index (κ2) is 9.89. The first-order chi connectivity index (χ1) is 15.9. The summed E-state index contributed by atoms with van der Waals surface area (Å²) in [5.74, 6) is 0.173. The Labute approximate surface area is 205 Å². The lowest BCUT2D eigenvalue weighted by Gasteiger charge is -2.23. The second-order valence-electron chi connectivity index (χ2n) is 6.85. The van der Waals surface area contributed by atoms with Crippen LogP contribution in [-0.2, 0) is 9.07 Å². The number of alkyl halides is 2. The van der Waals surface area contributed by atoms with Crippen LogP contribution >= 0.6 is 34.8 Å². The minimum atomic E-state index is -1.56. The zero-order chi connectivity index (χ0) is 23.4. The van der Waals surface area contributed by atoms with Gasteiger partial charge in [0.2, 0.25) is 0 Å². The van der Waals surface area contributed by atoms with Crippen LogP contribution in [0.15, 0.2) is 73.4 Å². The highest BCUT2D eigenvalue weighted by atomic mass is 35.5. The van der Waals surface area contributed by atoms with E-state index in [0.717, 1.165) is 5.56 Å². The van der Waals surface area contributed by atoms with Gasteiger partial charge in [0.25, 0.3) is 0 Å². The maximum Gasteiger partial charge on any atom is 0.189 e. The minimum absolute atomic E-state index is 0.0979. The van der Waals surface area contributed by atoms with Gasteiger partial charge >= 0.3 is 0 Å². The topological polar surface area (TPSA) is 90.3 Å². The van der Waals surface area contributed by atoms with Gasteiger partial charge in [0, 0.05) is 49.7 Å². The van der Waals surface area contributed by atoms with E-state index in [0.29, 0.717) is 11.3 Å². The van der Waals surface area contributed by atoms with Gasteiger partial charge in [-0.3, -0.25) is 15.0 Å². The number of ether oxygens (including phenoxy) is 2. The third kappa shape index (κ3) is 4.86. The summed E-state index contributed by atoms with van der Waals surface area (Å²) >= 11 is 19.5. The van der Waals surface area contributed by atoms with Crippen LogP contribution in [0.1, 0.15) is 28.6 Å². The molecule has 4 aromatic heterocycles. The molecule has 0 saturated carbocycles. The highest BCUT2D eigenvalue weighted by molar-refractivity contribution is 6.50. The van der Waals surface area contributed by atoms with Gasteiger partial charge in [-0.25, -0.2) is 4.98 Å². The normalized spacial score (nSPS) is 12.4. The first-order valence-electron chi connectivity index (χ1n) is 9.65. The number of aromatic hydroxyl groups is 1. The lowest BCUT2D eigenvalue weighted by Crippen LogP contribution is -2.16. The van der Waals surface area contributed by atoms with E-state index in [4.69, 9.17) is 44.3 Å². The first-order valence-corrected chi connectivity index (χ1v) is 10.8. The molecule has 4 heterocycles. The lowest BCUT2D eigenvalue weighted by atomic mass is 10.1. The van der Waals surface area contributed by atoms with Crippen LogP contribution < -0.4 is 4.74 Å². The number of hydrogen-bond donors (Lipinski definition) is 1. The Morgan fingerprint density at radius 1 is 0.970 bits per heavy atom. The molecule has 10 heteroatoms. The van der Waals surface area contributed by atoms with Gasteiger partial charge < -0.3 is 14.6 Å². The first kappa shape index (κ1) is 23.2. The molecule has 0 aliphatic carbocycles. The molecule has 0 radical (unpaired) electrons. The molecule has 4 rings (SSSR count). The van der Waals surface area contributed by atoms with E-state index in [1.165, 1.54) is 13.2 Å². The number of methoxy groups -OCH3 is 1. The summed E-state index contributed by atoms with van der Waals surface area (Å²) in [5, 5.41) is 10.1. The summed E-state index contributed by atoms with van der Waals surface area (Å²) in [6.45, 7) is 0. The van der Waals surface area contributed by atoms with Gasteiger partial charge in [-0.2, -0.15) is 0 Å². The Hall–Kier alpha value is -2.97. The van der Waals surface area contributed by atoms with Crippen molar-refractivity contribution in [2.75, 3.05) is 7.11 Å². The van der Waals surface area contributed by atoms with Crippen molar-refractivity contribution in [3.8, 4) is 17.2 Å². The summed E-state index contributed by atoms with van der Waals surface area (Å²) in [6.07, 6.45) is 7.31. The monoisotopic (exact) mass is 502 g/mol. The molecule has 0 aromatic carbocycles. The average Bonchev–Trinajstić information content (AvgIpc) is 2.84. The van der Waals surface area contributed by atoms with Gasteiger partial charge in [-0.15, -0.1) is 0 Å². The van der Waals surface area contributed by atoms with Crippen molar-refractivity contribution in [1.82, 2.24) is 19.9 Å². The van der Waals surface area contributed by atoms with E-state index in [9.17, 15) is 5.11 Å². The maximum absolute atomic E-state index is 10.2. The van der Waals surface area contributed by atoms with Crippen LogP contribution in [0.4, 0.5) is 0 Å². The summed E-state index contributed by atoms with van der Waals surface area (Å²) in [4.78, 5) is 16.8. The van der Waals surface area contributed by atoms with E-state index in [1.807, 2.05) is 0 Å². The van der Waals surface area contributed by atoms with Crippen molar-refractivity contribution in [1.29, 1.82) is 0 Å². The average molecular weight is 504 g/mol. The van der Waals surface area contributed by atoms with Crippen molar-refractivity contribution in [3.05, 3.63) is 101 Å². The summed E-state index contributed by atoms with van der Waals surface area (Å²) in [6, 6.07) is 11.7. The molecule has 1 unspecified atom stereocenters. The van der Waals surface area contributed by atoms with Crippen LogP contribution in [-0.4, -0.2) is 32.2 Å². The van der Waals surface area contributed by atoms with E-state index in [1.54, 1.807) is 67.4 Å². The summed E-state index contributed by atoms with van der Waals surface area (Å²) in [7, 11) is 1.53. The molecule has 0 aliphatic heterocycles. The molecule has 7 nitrogen and oxygen atoms in total. The fourth-order valence-electron chi connectivity index (χ4n) is 3.20. The van der Waals surface area contributed by atoms with Crippen LogP contribution in [0.5, 0.6) is 17.2 Å². The molecule has 168 valence electrons. The summed E-state index contributed by atoms with van der Waals surface area (Å²) < 4.78 is 10.3. The zero-order valence-corrected chi connectivity index (χ0v) is 19.5. The third-order valence-electron chi connectivity index (χ3n) is 4.76. The molecule has 1 N–H and O–H groups in total. The molecule has 33 heavy (non-hydrogen) atoms. The van der Waals surface area contributed by atoms with E-state index < -0.39 is 10.4 Å². The number of aromatic nitrogens is 4. The van der Waals surface area contributed by atoms with E-state index in [-0.39, 0.29) is 28.1 Å². The maximum atomic E-state index is 10.2. The Balaban J connectivity index is 1.81. The molecule has 0 bridgehead atoms. The summed E-state index contributed by atoms with van der Waals surface area (Å²) in [5.41, 5.74) is 1.84. The number of pyridine rings is 4. The largest absolute Gasteiger partial charge is 0.505 e. The van der Waals surface area contributed by atoms with Crippen LogP contribution in [0.25, 0.3) is 0 Å². The zero-order valence-electron chi connectivity index (χ0n) is 17.2. The predicted octanol–water partition coefficient (Wildman–Crippen LogP) is 5.83. The minimum Gasteiger partial charge on any atom is -0.505 e. The molecular formula is C23H17Cl3N4O3. The molecule has 4 aromatic rings. The standard InChI is InChI=1S/C23H17Cl3N4O3/c1-32-20(14-6-10-27-11-7-14)19-18(12-16(31)22(24)30-19)33-17-5-3-9-29-21(17)23(25,26)15-4-2-8-28-13-15/h2-13,20,31H,1H3. The van der Waals surface area contributed by atoms with Crippen LogP contribution in [0.3, 0.4) is 0 Å². The molecule has 0 saturated heterocycles. The lowest BCUT2D eigenvalue weighted by molar-refractivity contribution is 0.130. The highest BCUT2D eigenvalue weighted by Gasteiger charge is 2.35. The molecular weight excluding hydrogens is 487 g/mol. The van der Waals surface area contributed by atoms with Crippen LogP contribution in [0, 0.1) is 0 Å². The van der Waals surface area contributed by atoms with Gasteiger partial charge in [-0.1, -0.05) is 40.9 Å². The van der Waals surface area contributed by atoms with E-state index in [2.05, 4.69) is 19.9 Å². The predicted molar refractivity (Wildman–Crippen MR) is 125 cm³/mol. The number of nitrogens with zero attached hydrogens (tertiary/aromatic N) is 4. The van der Waals surface area contributed by atoms with Crippen molar-refractivity contribution in [2.45, 2.75) is 10.4 Å². The van der Waals surface area contributed by atoms with Crippen molar-refractivity contribution in [2.24, 2.45) is 0 Å². The fourth-order valence-corrected chi connectivity index (χ4v) is 3.85. The SMILES string of the molecule is COC(c1ccncc1)c1nc(Cl)c(O)cc1Oc1cccnc1C(Cl)(Cl)c1cccnc1. The highest BCUT2D eigenvalue weighted by Crippen LogP contribution is 2.45. The Morgan fingerprint density at radius 2 is 1.73 bits per heavy atom. The van der Waals surface area contributed by atoms with Crippen molar-refractivity contribution >= 4 is 34.8 Å². The number of hydrogen-bond acceptors (Lipinski definition) is 7. The molecule has 0 amide bonds. The number of rotatable bonds is 7. The van der Waals surface area contributed by atoms with Gasteiger partial charge in [0.15, 0.2) is 26.7 Å². The second-order valence-corrected chi connectivity index (χ2v) is 8.53. The van der Waals surface area contributed by atoms with Gasteiger partial charge in [0.1, 0.15) is 17.5 Å². The Bertz CT molecular complexity index is 1240. The van der Waals surface area contributed by atoms with Gasteiger partial charge in [0.05, 0.1) is 0 Å². The fraction of sp³-hybridized carbons (Fsp3) is 0.130. The molecule has 0 aliphatic rings. The van der Waals surface area contributed by atoms with Gasteiger partial charge in [-0.05, 0) is 35.9 Å². The molecule has 0 spiro atoms. The van der Waals surface area contributed by atoms with Crippen molar-refractivity contribution < 1.29 is 14.6 Å². The Morgan fingerprint density at radius 3 is 2.42 bits per heavy atom.